The van der Waals surface area contributed by atoms with Crippen molar-refractivity contribution in [1.82, 2.24) is 4.90 Å². The molecule has 2 rings (SSSR count). The highest BCUT2D eigenvalue weighted by Crippen LogP contribution is 2.38. The zero-order chi connectivity index (χ0) is 10.1. The third-order valence-corrected chi connectivity index (χ3v) is 3.47. The number of rotatable bonds is 3. The zero-order valence-corrected chi connectivity index (χ0v) is 9.03. The summed E-state index contributed by atoms with van der Waals surface area (Å²) >= 11 is 0. The largest absolute Gasteiger partial charge is 0.468 e. The number of likely N-dealkylation sites (tertiary alicyclic amines) is 1. The summed E-state index contributed by atoms with van der Waals surface area (Å²) in [7, 11) is 1.50. The smallest absolute Gasteiger partial charge is 0.323 e. The minimum Gasteiger partial charge on any atom is -0.468 e. The van der Waals surface area contributed by atoms with Crippen molar-refractivity contribution in [2.45, 2.75) is 44.7 Å². The zero-order valence-electron chi connectivity index (χ0n) is 9.03. The van der Waals surface area contributed by atoms with Crippen LogP contribution >= 0.6 is 0 Å². The summed E-state index contributed by atoms with van der Waals surface area (Å²) in [5.74, 6) is 0.546. The van der Waals surface area contributed by atoms with Crippen molar-refractivity contribution >= 4 is 5.97 Å². The molecule has 2 aliphatic rings. The molecule has 0 aromatic rings. The maximum atomic E-state index is 11.7. The maximum absolute atomic E-state index is 11.7. The summed E-state index contributed by atoms with van der Waals surface area (Å²) in [6.07, 6.45) is 4.84. The number of hydrogen-bond donors (Lipinski definition) is 0. The van der Waals surface area contributed by atoms with Crippen LogP contribution in [-0.4, -0.2) is 36.6 Å². The second-order valence-corrected chi connectivity index (χ2v) is 4.53. The van der Waals surface area contributed by atoms with E-state index in [2.05, 4.69) is 11.8 Å². The van der Waals surface area contributed by atoms with Gasteiger partial charge in [-0.1, -0.05) is 0 Å². The second kappa shape index (κ2) is 3.89. The van der Waals surface area contributed by atoms with Gasteiger partial charge in [-0.05, 0) is 45.1 Å². The highest BCUT2D eigenvalue weighted by Gasteiger charge is 2.43. The molecule has 2 fully saturated rings. The quantitative estimate of drug-likeness (QED) is 0.641. The molecule has 0 bridgehead atoms. The van der Waals surface area contributed by atoms with E-state index < -0.39 is 0 Å². The van der Waals surface area contributed by atoms with E-state index in [9.17, 15) is 4.79 Å². The molecule has 0 N–H and O–H groups in total. The fourth-order valence-electron chi connectivity index (χ4n) is 2.50. The average molecular weight is 197 g/mol. The molecular weight excluding hydrogens is 178 g/mol. The summed E-state index contributed by atoms with van der Waals surface area (Å²) in [5.41, 5.74) is 0. The Bertz CT molecular complexity index is 225. The first-order valence-corrected chi connectivity index (χ1v) is 5.57. The highest BCUT2D eigenvalue weighted by molar-refractivity contribution is 5.76. The lowest BCUT2D eigenvalue weighted by atomic mass is 10.1. The molecule has 2 atom stereocenters. The van der Waals surface area contributed by atoms with Crippen LogP contribution in [0, 0.1) is 5.92 Å². The van der Waals surface area contributed by atoms with E-state index in [1.165, 1.54) is 32.8 Å². The van der Waals surface area contributed by atoms with Gasteiger partial charge in [-0.3, -0.25) is 9.69 Å². The number of methoxy groups -OCH3 is 1. The molecular formula is C11H19NO2. The van der Waals surface area contributed by atoms with Crippen LogP contribution in [-0.2, 0) is 9.53 Å². The number of hydrogen-bond acceptors (Lipinski definition) is 3. The van der Waals surface area contributed by atoms with Crippen molar-refractivity contribution in [3.05, 3.63) is 0 Å². The van der Waals surface area contributed by atoms with Crippen LogP contribution in [0.15, 0.2) is 0 Å². The number of carbonyl (C=O) groups is 1. The van der Waals surface area contributed by atoms with E-state index in [0.29, 0.717) is 12.0 Å². The molecule has 14 heavy (non-hydrogen) atoms. The van der Waals surface area contributed by atoms with Crippen LogP contribution in [0.5, 0.6) is 0 Å². The molecule has 1 saturated heterocycles. The average Bonchev–Trinajstić information content (AvgIpc) is 2.92. The summed E-state index contributed by atoms with van der Waals surface area (Å²) in [6.45, 7) is 3.28. The number of esters is 1. The van der Waals surface area contributed by atoms with Gasteiger partial charge in [0.2, 0.25) is 0 Å². The second-order valence-electron chi connectivity index (χ2n) is 4.53. The normalized spacial score (nSPS) is 30.3. The van der Waals surface area contributed by atoms with Crippen molar-refractivity contribution in [3.8, 4) is 0 Å². The van der Waals surface area contributed by atoms with Gasteiger partial charge in [0, 0.05) is 6.04 Å². The van der Waals surface area contributed by atoms with Crippen LogP contribution in [0.25, 0.3) is 0 Å². The molecule has 1 aliphatic heterocycles. The Morgan fingerprint density at radius 2 is 2.14 bits per heavy atom. The van der Waals surface area contributed by atoms with E-state index >= 15 is 0 Å². The Balaban J connectivity index is 2.05. The Morgan fingerprint density at radius 1 is 1.43 bits per heavy atom. The molecule has 1 saturated carbocycles. The highest BCUT2D eigenvalue weighted by atomic mass is 16.5. The SMILES string of the molecule is COC(=O)C(C1CC1)N1CCCC1C. The van der Waals surface area contributed by atoms with Crippen molar-refractivity contribution in [3.63, 3.8) is 0 Å². The minimum absolute atomic E-state index is 0.0266. The molecule has 2 unspecified atom stereocenters. The molecule has 3 heteroatoms. The lowest BCUT2D eigenvalue weighted by Crippen LogP contribution is -2.45. The van der Waals surface area contributed by atoms with E-state index in [1.807, 2.05) is 0 Å². The van der Waals surface area contributed by atoms with Gasteiger partial charge in [-0.25, -0.2) is 0 Å². The monoisotopic (exact) mass is 197 g/mol. The first-order valence-electron chi connectivity index (χ1n) is 5.57. The molecule has 0 amide bonds. The molecule has 1 heterocycles. The number of carbonyl (C=O) groups excluding carboxylic acids is 1. The first kappa shape index (κ1) is 9.97. The Labute approximate surface area is 85.4 Å². The van der Waals surface area contributed by atoms with Crippen LogP contribution in [0.3, 0.4) is 0 Å². The van der Waals surface area contributed by atoms with Gasteiger partial charge in [0.05, 0.1) is 7.11 Å². The van der Waals surface area contributed by atoms with Crippen LogP contribution < -0.4 is 0 Å². The van der Waals surface area contributed by atoms with Gasteiger partial charge in [-0.2, -0.15) is 0 Å². The molecule has 1 aliphatic carbocycles. The van der Waals surface area contributed by atoms with Gasteiger partial charge < -0.3 is 4.74 Å². The number of nitrogens with zero attached hydrogens (tertiary/aromatic N) is 1. The van der Waals surface area contributed by atoms with E-state index in [4.69, 9.17) is 4.74 Å². The topological polar surface area (TPSA) is 29.5 Å². The lowest BCUT2D eigenvalue weighted by Gasteiger charge is -2.29. The van der Waals surface area contributed by atoms with Gasteiger partial charge in [0.25, 0.3) is 0 Å². The van der Waals surface area contributed by atoms with Crippen LogP contribution in [0.1, 0.15) is 32.6 Å². The first-order chi connectivity index (χ1) is 6.74. The van der Waals surface area contributed by atoms with E-state index in [1.54, 1.807) is 0 Å². The fraction of sp³-hybridized carbons (Fsp3) is 0.909. The number of ether oxygens (including phenoxy) is 1. The molecule has 0 aromatic carbocycles. The van der Waals surface area contributed by atoms with Crippen LogP contribution in [0.4, 0.5) is 0 Å². The van der Waals surface area contributed by atoms with Gasteiger partial charge in [-0.15, -0.1) is 0 Å². The molecule has 0 aromatic heterocycles. The van der Waals surface area contributed by atoms with Gasteiger partial charge in [0.1, 0.15) is 6.04 Å². The van der Waals surface area contributed by atoms with Gasteiger partial charge in [0.15, 0.2) is 0 Å². The van der Waals surface area contributed by atoms with Crippen molar-refractivity contribution in [2.24, 2.45) is 5.92 Å². The lowest BCUT2D eigenvalue weighted by molar-refractivity contribution is -0.148. The van der Waals surface area contributed by atoms with Crippen molar-refractivity contribution < 1.29 is 9.53 Å². The Hall–Kier alpha value is -0.570. The molecule has 80 valence electrons. The summed E-state index contributed by atoms with van der Waals surface area (Å²) in [4.78, 5) is 14.0. The predicted molar refractivity (Wildman–Crippen MR) is 53.9 cm³/mol. The third kappa shape index (κ3) is 1.78. The third-order valence-electron chi connectivity index (χ3n) is 3.47. The Morgan fingerprint density at radius 3 is 2.57 bits per heavy atom. The van der Waals surface area contributed by atoms with E-state index in [0.717, 1.165) is 6.54 Å². The summed E-state index contributed by atoms with van der Waals surface area (Å²) in [6, 6.07) is 0.609. The minimum atomic E-state index is -0.0266. The predicted octanol–water partition coefficient (Wildman–Crippen LogP) is 1.42. The fourth-order valence-corrected chi connectivity index (χ4v) is 2.50. The van der Waals surface area contributed by atoms with E-state index in [-0.39, 0.29) is 12.0 Å². The Kier molecular flexibility index (Phi) is 2.77. The van der Waals surface area contributed by atoms with Crippen LogP contribution in [0.2, 0.25) is 0 Å². The summed E-state index contributed by atoms with van der Waals surface area (Å²) in [5, 5.41) is 0. The molecule has 3 nitrogen and oxygen atoms in total. The summed E-state index contributed by atoms with van der Waals surface area (Å²) < 4.78 is 4.89. The standard InChI is InChI=1S/C11H19NO2/c1-8-4-3-7-12(8)10(9-5-6-9)11(13)14-2/h8-10H,3-7H2,1-2H3. The maximum Gasteiger partial charge on any atom is 0.323 e. The van der Waals surface area contributed by atoms with Crippen molar-refractivity contribution in [2.75, 3.05) is 13.7 Å². The molecule has 0 radical (unpaired) electrons. The van der Waals surface area contributed by atoms with Gasteiger partial charge >= 0.3 is 5.97 Å². The molecule has 0 spiro atoms. The van der Waals surface area contributed by atoms with Crippen molar-refractivity contribution in [1.29, 1.82) is 0 Å².